The van der Waals surface area contributed by atoms with Crippen molar-refractivity contribution in [2.24, 2.45) is 0 Å². The summed E-state index contributed by atoms with van der Waals surface area (Å²) in [6.07, 6.45) is 0. The molecular weight excluding hydrogens is 426 g/mol. The van der Waals surface area contributed by atoms with Crippen molar-refractivity contribution in [1.82, 2.24) is 4.57 Å². The zero-order chi connectivity index (χ0) is 23.8. The smallest absolute Gasteiger partial charge is 0.196 e. The summed E-state index contributed by atoms with van der Waals surface area (Å²) in [4.78, 5) is 3.70. The van der Waals surface area contributed by atoms with E-state index in [2.05, 4.69) is 82.2 Å². The maximum atomic E-state index is 9.74. The Labute approximate surface area is 203 Å². The van der Waals surface area contributed by atoms with Crippen LogP contribution in [0.2, 0.25) is 0 Å². The van der Waals surface area contributed by atoms with Gasteiger partial charge in [0.1, 0.15) is 0 Å². The molecule has 1 heterocycles. The van der Waals surface area contributed by atoms with Gasteiger partial charge < -0.3 is 4.57 Å². The first kappa shape index (κ1) is 20.5. The SMILES string of the molecule is [C-]#[N+]c1cccc(C#N)c1-c1ccc2c(c1)c1cc(-c3ccccc3)ccc1n2-c1ccccc1. The van der Waals surface area contributed by atoms with Gasteiger partial charge in [0.25, 0.3) is 0 Å². The number of hydrogen-bond donors (Lipinski definition) is 0. The van der Waals surface area contributed by atoms with Crippen molar-refractivity contribution >= 4 is 27.5 Å². The van der Waals surface area contributed by atoms with Crippen molar-refractivity contribution < 1.29 is 0 Å². The van der Waals surface area contributed by atoms with E-state index in [9.17, 15) is 5.26 Å². The van der Waals surface area contributed by atoms with Crippen molar-refractivity contribution in [2.45, 2.75) is 0 Å². The molecule has 0 atom stereocenters. The fraction of sp³-hybridized carbons (Fsp3) is 0. The van der Waals surface area contributed by atoms with E-state index in [1.807, 2.05) is 30.3 Å². The fourth-order valence-corrected chi connectivity index (χ4v) is 4.87. The van der Waals surface area contributed by atoms with Crippen LogP contribution in [0.5, 0.6) is 0 Å². The quantitative estimate of drug-likeness (QED) is 0.251. The first-order valence-corrected chi connectivity index (χ1v) is 11.4. The van der Waals surface area contributed by atoms with Crippen molar-refractivity contribution in [3.05, 3.63) is 132 Å². The summed E-state index contributed by atoms with van der Waals surface area (Å²) in [5.41, 5.74) is 8.15. The second-order valence-corrected chi connectivity index (χ2v) is 8.42. The minimum Gasteiger partial charge on any atom is -0.309 e. The van der Waals surface area contributed by atoms with Crippen LogP contribution in [0.3, 0.4) is 0 Å². The molecule has 0 spiro atoms. The minimum atomic E-state index is 0.486. The summed E-state index contributed by atoms with van der Waals surface area (Å²) in [6, 6.07) is 41.1. The number of aromatic nitrogens is 1. The van der Waals surface area contributed by atoms with Crippen LogP contribution in [-0.4, -0.2) is 4.57 Å². The number of nitrogens with zero attached hydrogens (tertiary/aromatic N) is 3. The molecule has 0 saturated carbocycles. The summed E-state index contributed by atoms with van der Waals surface area (Å²) in [5, 5.41) is 12.0. The zero-order valence-corrected chi connectivity index (χ0v) is 18.8. The summed E-state index contributed by atoms with van der Waals surface area (Å²) in [7, 11) is 0. The Balaban J connectivity index is 1.70. The van der Waals surface area contributed by atoms with Crippen molar-refractivity contribution in [3.8, 4) is 34.0 Å². The van der Waals surface area contributed by atoms with E-state index in [0.717, 1.165) is 44.2 Å². The van der Waals surface area contributed by atoms with Gasteiger partial charge in [0.05, 0.1) is 23.7 Å². The highest BCUT2D eigenvalue weighted by atomic mass is 15.0. The van der Waals surface area contributed by atoms with Gasteiger partial charge in [0, 0.05) is 27.6 Å². The maximum Gasteiger partial charge on any atom is 0.196 e. The Morgan fingerprint density at radius 2 is 1.26 bits per heavy atom. The van der Waals surface area contributed by atoms with Crippen LogP contribution in [0, 0.1) is 17.9 Å². The van der Waals surface area contributed by atoms with Gasteiger partial charge in [0.15, 0.2) is 5.69 Å². The third-order valence-electron chi connectivity index (χ3n) is 6.46. The highest BCUT2D eigenvalue weighted by Gasteiger charge is 2.17. The lowest BCUT2D eigenvalue weighted by atomic mass is 9.96. The third kappa shape index (κ3) is 3.35. The second kappa shape index (κ2) is 8.34. The lowest BCUT2D eigenvalue weighted by Crippen LogP contribution is -1.93. The Morgan fingerprint density at radius 3 is 1.91 bits per heavy atom. The Kier molecular flexibility index (Phi) is 4.88. The monoisotopic (exact) mass is 445 g/mol. The first-order chi connectivity index (χ1) is 17.3. The molecule has 3 heteroatoms. The van der Waals surface area contributed by atoms with E-state index in [1.165, 1.54) is 0 Å². The minimum absolute atomic E-state index is 0.486. The number of hydrogen-bond acceptors (Lipinski definition) is 1. The molecular formula is C32H19N3. The van der Waals surface area contributed by atoms with Crippen LogP contribution >= 0.6 is 0 Å². The predicted octanol–water partition coefficient (Wildman–Crippen LogP) is 8.54. The average Bonchev–Trinajstić information content (AvgIpc) is 3.26. The van der Waals surface area contributed by atoms with E-state index in [4.69, 9.17) is 6.57 Å². The largest absolute Gasteiger partial charge is 0.309 e. The molecule has 0 aliphatic heterocycles. The maximum absolute atomic E-state index is 9.74. The van der Waals surface area contributed by atoms with E-state index < -0.39 is 0 Å². The van der Waals surface area contributed by atoms with Gasteiger partial charge in [-0.05, 0) is 59.2 Å². The molecule has 6 rings (SSSR count). The van der Waals surface area contributed by atoms with Gasteiger partial charge in [0.2, 0.25) is 0 Å². The summed E-state index contributed by atoms with van der Waals surface area (Å²) in [6.45, 7) is 7.65. The Bertz CT molecular complexity index is 1770. The van der Waals surface area contributed by atoms with Gasteiger partial charge >= 0.3 is 0 Å². The van der Waals surface area contributed by atoms with Gasteiger partial charge in [-0.25, -0.2) is 4.85 Å². The molecule has 162 valence electrons. The van der Waals surface area contributed by atoms with Crippen LogP contribution in [0.15, 0.2) is 115 Å². The third-order valence-corrected chi connectivity index (χ3v) is 6.46. The van der Waals surface area contributed by atoms with Crippen molar-refractivity contribution in [1.29, 1.82) is 5.26 Å². The summed E-state index contributed by atoms with van der Waals surface area (Å²) in [5.74, 6) is 0. The molecule has 0 N–H and O–H groups in total. The molecule has 1 aromatic heterocycles. The van der Waals surface area contributed by atoms with Crippen LogP contribution in [0.25, 0.3) is 54.6 Å². The van der Waals surface area contributed by atoms with Gasteiger partial charge in [-0.15, -0.1) is 0 Å². The van der Waals surface area contributed by atoms with Crippen molar-refractivity contribution in [2.75, 3.05) is 0 Å². The molecule has 3 nitrogen and oxygen atoms in total. The van der Waals surface area contributed by atoms with Gasteiger partial charge in [-0.3, -0.25) is 0 Å². The van der Waals surface area contributed by atoms with Crippen LogP contribution in [0.1, 0.15) is 5.56 Å². The van der Waals surface area contributed by atoms with E-state index in [-0.39, 0.29) is 0 Å². The van der Waals surface area contributed by atoms with Crippen LogP contribution in [0.4, 0.5) is 5.69 Å². The highest BCUT2D eigenvalue weighted by Crippen LogP contribution is 2.40. The average molecular weight is 446 g/mol. The molecule has 0 radical (unpaired) electrons. The molecule has 0 aliphatic carbocycles. The predicted molar refractivity (Wildman–Crippen MR) is 143 cm³/mol. The second-order valence-electron chi connectivity index (χ2n) is 8.42. The van der Waals surface area contributed by atoms with Crippen LogP contribution in [-0.2, 0) is 0 Å². The Hall–Kier alpha value is -5.12. The summed E-state index contributed by atoms with van der Waals surface area (Å²) < 4.78 is 2.27. The van der Waals surface area contributed by atoms with Gasteiger partial charge in [-0.2, -0.15) is 5.26 Å². The molecule has 5 aromatic carbocycles. The molecule has 0 amide bonds. The lowest BCUT2D eigenvalue weighted by Gasteiger charge is -2.09. The highest BCUT2D eigenvalue weighted by molar-refractivity contribution is 6.12. The molecule has 0 unspecified atom stereocenters. The number of fused-ring (bicyclic) bond motifs is 3. The molecule has 0 saturated heterocycles. The summed E-state index contributed by atoms with van der Waals surface area (Å²) >= 11 is 0. The van der Waals surface area contributed by atoms with Gasteiger partial charge in [-0.1, -0.05) is 72.8 Å². The van der Waals surface area contributed by atoms with E-state index in [0.29, 0.717) is 16.8 Å². The van der Waals surface area contributed by atoms with E-state index in [1.54, 1.807) is 18.2 Å². The first-order valence-electron chi connectivity index (χ1n) is 11.4. The topological polar surface area (TPSA) is 33.1 Å². The number of para-hydroxylation sites is 1. The fourth-order valence-electron chi connectivity index (χ4n) is 4.87. The van der Waals surface area contributed by atoms with Crippen LogP contribution < -0.4 is 0 Å². The zero-order valence-electron chi connectivity index (χ0n) is 18.8. The Morgan fingerprint density at radius 1 is 0.629 bits per heavy atom. The number of rotatable bonds is 3. The molecule has 35 heavy (non-hydrogen) atoms. The molecule has 0 aliphatic rings. The molecule has 0 bridgehead atoms. The standard InChI is InChI=1S/C32H19N3/c1-34-29-14-8-11-25(21-33)32(29)24-16-18-31-28(20-24)27-19-23(22-9-4-2-5-10-22)15-17-30(27)35(31)26-12-6-3-7-13-26/h2-20H. The molecule has 0 fully saturated rings. The lowest BCUT2D eigenvalue weighted by molar-refractivity contribution is 1.18. The number of benzene rings is 5. The number of nitriles is 1. The molecule has 6 aromatic rings. The van der Waals surface area contributed by atoms with Crippen molar-refractivity contribution in [3.63, 3.8) is 0 Å². The van der Waals surface area contributed by atoms with E-state index >= 15 is 0 Å². The normalized spacial score (nSPS) is 10.8.